The molecule has 1 aromatic carbocycles. The van der Waals surface area contributed by atoms with Crippen LogP contribution in [0, 0.1) is 0 Å². The van der Waals surface area contributed by atoms with E-state index in [0.29, 0.717) is 16.7 Å². The number of aromatic nitrogens is 2. The van der Waals surface area contributed by atoms with Crippen LogP contribution in [0.3, 0.4) is 0 Å². The molecule has 2 aromatic rings. The zero-order chi connectivity index (χ0) is 17.5. The van der Waals surface area contributed by atoms with E-state index < -0.39 is 0 Å². The molecule has 1 N–H and O–H groups in total. The SMILES string of the molecule is O=C(COc1ccc(Cl)cc1)NC1CCC(Oc2cnccn2)CC1. The lowest BCUT2D eigenvalue weighted by Gasteiger charge is -2.29. The summed E-state index contributed by atoms with van der Waals surface area (Å²) >= 11 is 5.81. The summed E-state index contributed by atoms with van der Waals surface area (Å²) in [5.41, 5.74) is 0. The van der Waals surface area contributed by atoms with E-state index in [-0.39, 0.29) is 24.7 Å². The smallest absolute Gasteiger partial charge is 0.258 e. The molecule has 0 atom stereocenters. The molecule has 1 aliphatic carbocycles. The second-order valence-electron chi connectivity index (χ2n) is 5.95. The van der Waals surface area contributed by atoms with Crippen LogP contribution < -0.4 is 14.8 Å². The maximum Gasteiger partial charge on any atom is 0.258 e. The summed E-state index contributed by atoms with van der Waals surface area (Å²) in [6, 6.07) is 7.10. The average Bonchev–Trinajstić information content (AvgIpc) is 2.64. The lowest BCUT2D eigenvalue weighted by molar-refractivity contribution is -0.124. The molecule has 1 heterocycles. The van der Waals surface area contributed by atoms with Gasteiger partial charge in [0.05, 0.1) is 6.20 Å². The molecule has 1 aliphatic rings. The Bertz CT molecular complexity index is 674. The van der Waals surface area contributed by atoms with Gasteiger partial charge in [-0.15, -0.1) is 0 Å². The number of ether oxygens (including phenoxy) is 2. The van der Waals surface area contributed by atoms with Crippen molar-refractivity contribution in [1.82, 2.24) is 15.3 Å². The van der Waals surface area contributed by atoms with Gasteiger partial charge in [-0.05, 0) is 49.9 Å². The van der Waals surface area contributed by atoms with Crippen molar-refractivity contribution in [3.63, 3.8) is 0 Å². The fraction of sp³-hybridized carbons (Fsp3) is 0.389. The normalized spacial score (nSPS) is 19.9. The summed E-state index contributed by atoms with van der Waals surface area (Å²) in [7, 11) is 0. The van der Waals surface area contributed by atoms with E-state index >= 15 is 0 Å². The first-order valence-corrected chi connectivity index (χ1v) is 8.67. The van der Waals surface area contributed by atoms with Crippen molar-refractivity contribution in [1.29, 1.82) is 0 Å². The topological polar surface area (TPSA) is 73.3 Å². The van der Waals surface area contributed by atoms with Gasteiger partial charge in [0.25, 0.3) is 5.91 Å². The van der Waals surface area contributed by atoms with E-state index in [0.717, 1.165) is 25.7 Å². The second-order valence-corrected chi connectivity index (χ2v) is 6.38. The molecule has 3 rings (SSSR count). The van der Waals surface area contributed by atoms with Gasteiger partial charge in [0, 0.05) is 23.5 Å². The molecule has 7 heteroatoms. The van der Waals surface area contributed by atoms with Crippen molar-refractivity contribution in [2.24, 2.45) is 0 Å². The zero-order valence-corrected chi connectivity index (χ0v) is 14.5. The molecule has 1 aromatic heterocycles. The number of benzene rings is 1. The Labute approximate surface area is 151 Å². The number of nitrogens with one attached hydrogen (secondary N) is 1. The van der Waals surface area contributed by atoms with Gasteiger partial charge in [0.15, 0.2) is 6.61 Å². The van der Waals surface area contributed by atoms with Gasteiger partial charge in [-0.3, -0.25) is 9.78 Å². The molecule has 6 nitrogen and oxygen atoms in total. The van der Waals surface area contributed by atoms with Crippen LogP contribution in [0.4, 0.5) is 0 Å². The van der Waals surface area contributed by atoms with Crippen LogP contribution in [0.5, 0.6) is 11.6 Å². The Balaban J connectivity index is 1.36. The van der Waals surface area contributed by atoms with Gasteiger partial charge in [-0.25, -0.2) is 4.98 Å². The van der Waals surface area contributed by atoms with E-state index in [1.807, 2.05) is 0 Å². The van der Waals surface area contributed by atoms with Crippen LogP contribution in [-0.2, 0) is 4.79 Å². The standard InChI is InChI=1S/C18H20ClN3O3/c19-13-1-5-15(6-2-13)24-12-17(23)22-14-3-7-16(8-4-14)25-18-11-20-9-10-21-18/h1-2,5-6,9-11,14,16H,3-4,7-8,12H2,(H,22,23). The molecule has 0 radical (unpaired) electrons. The molecule has 1 amide bonds. The third-order valence-electron chi connectivity index (χ3n) is 4.05. The van der Waals surface area contributed by atoms with Gasteiger partial charge in [0.1, 0.15) is 11.9 Å². The van der Waals surface area contributed by atoms with Crippen LogP contribution in [-0.4, -0.2) is 34.6 Å². The van der Waals surface area contributed by atoms with Crippen molar-refractivity contribution in [3.05, 3.63) is 47.9 Å². The molecular weight excluding hydrogens is 342 g/mol. The largest absolute Gasteiger partial charge is 0.484 e. The van der Waals surface area contributed by atoms with Crippen LogP contribution in [0.15, 0.2) is 42.9 Å². The minimum atomic E-state index is -0.117. The van der Waals surface area contributed by atoms with E-state index in [9.17, 15) is 4.79 Å². The first-order valence-electron chi connectivity index (χ1n) is 8.29. The average molecular weight is 362 g/mol. The molecular formula is C18H20ClN3O3. The summed E-state index contributed by atoms with van der Waals surface area (Å²) in [4.78, 5) is 20.1. The number of hydrogen-bond acceptors (Lipinski definition) is 5. The van der Waals surface area contributed by atoms with Crippen LogP contribution in [0.1, 0.15) is 25.7 Å². The Morgan fingerprint density at radius 3 is 2.60 bits per heavy atom. The first-order chi connectivity index (χ1) is 12.2. The van der Waals surface area contributed by atoms with E-state index in [1.54, 1.807) is 42.9 Å². The van der Waals surface area contributed by atoms with Crippen LogP contribution >= 0.6 is 11.6 Å². The third kappa shape index (κ3) is 5.60. The van der Waals surface area contributed by atoms with Gasteiger partial charge >= 0.3 is 0 Å². The summed E-state index contributed by atoms with van der Waals surface area (Å²) < 4.78 is 11.3. The molecule has 0 bridgehead atoms. The van der Waals surface area contributed by atoms with Crippen molar-refractivity contribution in [2.45, 2.75) is 37.8 Å². The molecule has 0 saturated heterocycles. The van der Waals surface area contributed by atoms with Gasteiger partial charge < -0.3 is 14.8 Å². The molecule has 25 heavy (non-hydrogen) atoms. The number of carbonyl (C=O) groups excluding carboxylic acids is 1. The van der Waals surface area contributed by atoms with Crippen molar-refractivity contribution in [3.8, 4) is 11.6 Å². The van der Waals surface area contributed by atoms with Crippen molar-refractivity contribution in [2.75, 3.05) is 6.61 Å². The fourth-order valence-electron chi connectivity index (χ4n) is 2.79. The highest BCUT2D eigenvalue weighted by molar-refractivity contribution is 6.30. The highest BCUT2D eigenvalue weighted by Gasteiger charge is 2.24. The number of amides is 1. The Kier molecular flexibility index (Phi) is 6.06. The maximum atomic E-state index is 12.0. The molecule has 0 unspecified atom stereocenters. The fourth-order valence-corrected chi connectivity index (χ4v) is 2.92. The van der Waals surface area contributed by atoms with Crippen molar-refractivity contribution < 1.29 is 14.3 Å². The Morgan fingerprint density at radius 1 is 1.16 bits per heavy atom. The molecule has 132 valence electrons. The Hall–Kier alpha value is -2.34. The minimum Gasteiger partial charge on any atom is -0.484 e. The van der Waals surface area contributed by atoms with Crippen LogP contribution in [0.25, 0.3) is 0 Å². The second kappa shape index (κ2) is 8.67. The molecule has 1 fully saturated rings. The first kappa shape index (κ1) is 17.5. The van der Waals surface area contributed by atoms with Crippen LogP contribution in [0.2, 0.25) is 5.02 Å². The summed E-state index contributed by atoms with van der Waals surface area (Å²) in [6.07, 6.45) is 8.46. The number of rotatable bonds is 6. The summed E-state index contributed by atoms with van der Waals surface area (Å²) in [5.74, 6) is 1.06. The van der Waals surface area contributed by atoms with E-state index in [4.69, 9.17) is 21.1 Å². The minimum absolute atomic E-state index is 0.00232. The predicted molar refractivity (Wildman–Crippen MR) is 93.8 cm³/mol. The monoisotopic (exact) mass is 361 g/mol. The maximum absolute atomic E-state index is 12.0. The predicted octanol–water partition coefficient (Wildman–Crippen LogP) is 3.02. The number of nitrogens with zero attached hydrogens (tertiary/aromatic N) is 2. The van der Waals surface area contributed by atoms with Gasteiger partial charge in [-0.2, -0.15) is 0 Å². The van der Waals surface area contributed by atoms with Gasteiger partial charge in [0.2, 0.25) is 5.88 Å². The Morgan fingerprint density at radius 2 is 1.92 bits per heavy atom. The summed E-state index contributed by atoms with van der Waals surface area (Å²) in [6.45, 7) is -0.00232. The lowest BCUT2D eigenvalue weighted by atomic mass is 9.93. The summed E-state index contributed by atoms with van der Waals surface area (Å²) in [5, 5.41) is 3.65. The third-order valence-corrected chi connectivity index (χ3v) is 4.30. The zero-order valence-electron chi connectivity index (χ0n) is 13.7. The highest BCUT2D eigenvalue weighted by Crippen LogP contribution is 2.22. The van der Waals surface area contributed by atoms with Crippen molar-refractivity contribution >= 4 is 17.5 Å². The van der Waals surface area contributed by atoms with E-state index in [1.165, 1.54) is 0 Å². The number of halogens is 1. The highest BCUT2D eigenvalue weighted by atomic mass is 35.5. The van der Waals surface area contributed by atoms with E-state index in [2.05, 4.69) is 15.3 Å². The molecule has 1 saturated carbocycles. The number of carbonyl (C=O) groups is 1. The molecule has 0 spiro atoms. The molecule has 0 aliphatic heterocycles. The lowest BCUT2D eigenvalue weighted by Crippen LogP contribution is -2.41. The number of hydrogen-bond donors (Lipinski definition) is 1. The van der Waals surface area contributed by atoms with Gasteiger partial charge in [-0.1, -0.05) is 11.6 Å². The quantitative estimate of drug-likeness (QED) is 0.856.